The Hall–Kier alpha value is -4.20. The summed E-state index contributed by atoms with van der Waals surface area (Å²) < 4.78 is 7.05. The van der Waals surface area contributed by atoms with E-state index in [1.54, 1.807) is 30.3 Å². The number of rotatable bonds is 6. The quantitative estimate of drug-likeness (QED) is 0.358. The summed E-state index contributed by atoms with van der Waals surface area (Å²) in [5.41, 5.74) is 1.97. The number of aryl methyl sites for hydroxylation is 1. The number of non-ortho nitro benzene ring substituents is 1. The van der Waals surface area contributed by atoms with Crippen LogP contribution >= 0.6 is 0 Å². The molecule has 1 amide bonds. The number of nitrogens with zero attached hydrogens (tertiary/aromatic N) is 3. The highest BCUT2D eigenvalue weighted by molar-refractivity contribution is 5.94. The Morgan fingerprint density at radius 2 is 1.87 bits per heavy atom. The Kier molecular flexibility index (Phi) is 5.36. The van der Waals surface area contributed by atoms with Crippen molar-refractivity contribution in [1.29, 1.82) is 0 Å². The van der Waals surface area contributed by atoms with Gasteiger partial charge in [0.2, 0.25) is 0 Å². The molecule has 2 heterocycles. The van der Waals surface area contributed by atoms with E-state index in [4.69, 9.17) is 4.42 Å². The number of nitrogens with one attached hydrogen (secondary N) is 1. The van der Waals surface area contributed by atoms with Crippen molar-refractivity contribution in [3.05, 3.63) is 99.9 Å². The summed E-state index contributed by atoms with van der Waals surface area (Å²) in [6, 6.07) is 20.5. The van der Waals surface area contributed by atoms with E-state index >= 15 is 0 Å². The molecule has 2 aromatic carbocycles. The van der Waals surface area contributed by atoms with Crippen molar-refractivity contribution >= 4 is 11.6 Å². The lowest BCUT2D eigenvalue weighted by Crippen LogP contribution is -2.28. The van der Waals surface area contributed by atoms with Crippen molar-refractivity contribution in [2.75, 3.05) is 0 Å². The maximum absolute atomic E-state index is 13.2. The largest absolute Gasteiger partial charge is 0.460 e. The van der Waals surface area contributed by atoms with Gasteiger partial charge in [0.1, 0.15) is 17.1 Å². The Balaban J connectivity index is 1.74. The number of amides is 1. The second-order valence-electron chi connectivity index (χ2n) is 7.12. The third-order valence-electron chi connectivity index (χ3n) is 4.87. The average Bonchev–Trinajstić information content (AvgIpc) is 3.41. The second kappa shape index (κ2) is 8.27. The Morgan fingerprint density at radius 3 is 2.55 bits per heavy atom. The number of carbonyl (C=O) groups excluding carboxylic acids is 1. The minimum absolute atomic E-state index is 0.0904. The molecular formula is C23H20N4O4. The molecule has 0 spiro atoms. The number of hydrogen-bond donors (Lipinski definition) is 1. The predicted octanol–water partition coefficient (Wildman–Crippen LogP) is 4.84. The number of aromatic nitrogens is 2. The van der Waals surface area contributed by atoms with E-state index < -0.39 is 4.92 Å². The molecule has 0 aliphatic carbocycles. The Labute approximate surface area is 178 Å². The number of furan rings is 1. The molecule has 0 bridgehead atoms. The minimum atomic E-state index is -0.485. The lowest BCUT2D eigenvalue weighted by Gasteiger charge is -2.15. The van der Waals surface area contributed by atoms with Crippen LogP contribution in [0.2, 0.25) is 0 Å². The maximum atomic E-state index is 13.2. The summed E-state index contributed by atoms with van der Waals surface area (Å²) >= 11 is 0. The highest BCUT2D eigenvalue weighted by Crippen LogP contribution is 2.25. The lowest BCUT2D eigenvalue weighted by molar-refractivity contribution is -0.384. The molecule has 4 rings (SSSR count). The molecule has 0 fully saturated rings. The molecular weight excluding hydrogens is 396 g/mol. The van der Waals surface area contributed by atoms with Crippen LogP contribution in [0, 0.1) is 17.0 Å². The van der Waals surface area contributed by atoms with Gasteiger partial charge in [-0.2, -0.15) is 5.10 Å². The topological polar surface area (TPSA) is 103 Å². The molecule has 0 saturated carbocycles. The zero-order chi connectivity index (χ0) is 22.0. The summed E-state index contributed by atoms with van der Waals surface area (Å²) in [4.78, 5) is 23.9. The standard InChI is InChI=1S/C23H20N4O4/c1-15-11-12-22(31-15)20-14-21(23(28)24-16(2)17-7-4-3-5-8-17)26(25-20)18-9-6-10-19(13-18)27(29)30/h3-14,16H,1-2H3,(H,24,28)/t16-/m1/s1. The monoisotopic (exact) mass is 416 g/mol. The second-order valence-corrected chi connectivity index (χ2v) is 7.12. The van der Waals surface area contributed by atoms with E-state index in [1.165, 1.54) is 16.8 Å². The van der Waals surface area contributed by atoms with Gasteiger partial charge in [-0.25, -0.2) is 4.68 Å². The van der Waals surface area contributed by atoms with Crippen LogP contribution in [0.5, 0.6) is 0 Å². The molecule has 0 aliphatic heterocycles. The van der Waals surface area contributed by atoms with E-state index in [0.717, 1.165) is 5.56 Å². The van der Waals surface area contributed by atoms with Crippen LogP contribution in [0.4, 0.5) is 5.69 Å². The van der Waals surface area contributed by atoms with Crippen molar-refractivity contribution in [1.82, 2.24) is 15.1 Å². The van der Waals surface area contributed by atoms with Crippen LogP contribution in [-0.2, 0) is 0 Å². The van der Waals surface area contributed by atoms with Crippen LogP contribution < -0.4 is 5.32 Å². The number of hydrogen-bond acceptors (Lipinski definition) is 5. The van der Waals surface area contributed by atoms with Gasteiger partial charge in [0.05, 0.1) is 16.7 Å². The van der Waals surface area contributed by atoms with Gasteiger partial charge in [0, 0.05) is 18.2 Å². The van der Waals surface area contributed by atoms with Gasteiger partial charge in [-0.1, -0.05) is 36.4 Å². The molecule has 31 heavy (non-hydrogen) atoms. The first kappa shape index (κ1) is 20.1. The van der Waals surface area contributed by atoms with Gasteiger partial charge in [0.15, 0.2) is 5.76 Å². The summed E-state index contributed by atoms with van der Waals surface area (Å²) in [5, 5.41) is 18.7. The Bertz CT molecular complexity index is 1240. The molecule has 2 aromatic heterocycles. The number of nitro benzene ring substituents is 1. The molecule has 0 saturated heterocycles. The van der Waals surface area contributed by atoms with Gasteiger partial charge >= 0.3 is 0 Å². The van der Waals surface area contributed by atoms with Crippen LogP contribution in [0.1, 0.15) is 34.8 Å². The maximum Gasteiger partial charge on any atom is 0.271 e. The SMILES string of the molecule is Cc1ccc(-c2cc(C(=O)N[C@H](C)c3ccccc3)n(-c3cccc([N+](=O)[O-])c3)n2)o1. The van der Waals surface area contributed by atoms with Crippen LogP contribution in [0.25, 0.3) is 17.1 Å². The van der Waals surface area contributed by atoms with Crippen LogP contribution in [0.3, 0.4) is 0 Å². The smallest absolute Gasteiger partial charge is 0.271 e. The van der Waals surface area contributed by atoms with E-state index in [2.05, 4.69) is 10.4 Å². The van der Waals surface area contributed by atoms with E-state index in [0.29, 0.717) is 22.9 Å². The zero-order valence-corrected chi connectivity index (χ0v) is 17.0. The molecule has 8 nitrogen and oxygen atoms in total. The molecule has 1 N–H and O–H groups in total. The van der Waals surface area contributed by atoms with E-state index in [-0.39, 0.29) is 23.3 Å². The fraction of sp³-hybridized carbons (Fsp3) is 0.130. The van der Waals surface area contributed by atoms with Crippen LogP contribution in [0.15, 0.2) is 77.2 Å². The minimum Gasteiger partial charge on any atom is -0.460 e. The number of carbonyl (C=O) groups is 1. The summed E-state index contributed by atoms with van der Waals surface area (Å²) in [7, 11) is 0. The van der Waals surface area contributed by atoms with Crippen molar-refractivity contribution < 1.29 is 14.1 Å². The lowest BCUT2D eigenvalue weighted by atomic mass is 10.1. The molecule has 4 aromatic rings. The molecule has 156 valence electrons. The van der Waals surface area contributed by atoms with E-state index in [1.807, 2.05) is 44.2 Å². The fourth-order valence-corrected chi connectivity index (χ4v) is 3.27. The molecule has 0 unspecified atom stereocenters. The number of nitro groups is 1. The molecule has 8 heteroatoms. The first-order chi connectivity index (χ1) is 14.9. The van der Waals surface area contributed by atoms with Crippen LogP contribution in [-0.4, -0.2) is 20.6 Å². The number of benzene rings is 2. The van der Waals surface area contributed by atoms with E-state index in [9.17, 15) is 14.9 Å². The average molecular weight is 416 g/mol. The summed E-state index contributed by atoms with van der Waals surface area (Å²) in [6.45, 7) is 3.70. The molecule has 0 aliphatic rings. The predicted molar refractivity (Wildman–Crippen MR) is 115 cm³/mol. The molecule has 0 radical (unpaired) electrons. The van der Waals surface area contributed by atoms with Gasteiger partial charge in [0.25, 0.3) is 11.6 Å². The third-order valence-corrected chi connectivity index (χ3v) is 4.87. The van der Waals surface area contributed by atoms with Crippen molar-refractivity contribution in [3.8, 4) is 17.1 Å². The van der Waals surface area contributed by atoms with Crippen molar-refractivity contribution in [3.63, 3.8) is 0 Å². The Morgan fingerprint density at radius 1 is 1.10 bits per heavy atom. The summed E-state index contributed by atoms with van der Waals surface area (Å²) in [6.07, 6.45) is 0. The highest BCUT2D eigenvalue weighted by Gasteiger charge is 2.21. The summed E-state index contributed by atoms with van der Waals surface area (Å²) in [5.74, 6) is 0.861. The highest BCUT2D eigenvalue weighted by atomic mass is 16.6. The van der Waals surface area contributed by atoms with Crippen molar-refractivity contribution in [2.45, 2.75) is 19.9 Å². The van der Waals surface area contributed by atoms with Gasteiger partial charge < -0.3 is 9.73 Å². The first-order valence-electron chi connectivity index (χ1n) is 9.70. The first-order valence-corrected chi connectivity index (χ1v) is 9.70. The van der Waals surface area contributed by atoms with Gasteiger partial charge in [-0.15, -0.1) is 0 Å². The molecule has 1 atom stereocenters. The fourth-order valence-electron chi connectivity index (χ4n) is 3.27. The van der Waals surface area contributed by atoms with Gasteiger partial charge in [-0.3, -0.25) is 14.9 Å². The zero-order valence-electron chi connectivity index (χ0n) is 17.0. The third kappa shape index (κ3) is 4.23. The normalized spacial score (nSPS) is 11.8. The van der Waals surface area contributed by atoms with Crippen molar-refractivity contribution in [2.24, 2.45) is 0 Å². The van der Waals surface area contributed by atoms with Gasteiger partial charge in [-0.05, 0) is 37.6 Å².